The molecule has 1 unspecified atom stereocenters. The summed E-state index contributed by atoms with van der Waals surface area (Å²) < 4.78 is 16.6. The van der Waals surface area contributed by atoms with E-state index in [2.05, 4.69) is 10.2 Å². The fourth-order valence-corrected chi connectivity index (χ4v) is 4.25. The standard InChI is InChI=1S/C23H17FN4S/c1-15(18-12-13-19(20(24)14-18)16-8-4-2-5-9-16)21-25-26-23-28(21)27-22(29-23)17-10-6-3-7-11-17/h2-15H,1H3. The van der Waals surface area contributed by atoms with Gasteiger partial charge in [-0.25, -0.2) is 4.39 Å². The maximum Gasteiger partial charge on any atom is 0.235 e. The summed E-state index contributed by atoms with van der Waals surface area (Å²) in [5.41, 5.74) is 3.33. The zero-order valence-corrected chi connectivity index (χ0v) is 16.5. The number of fused-ring (bicyclic) bond motifs is 1. The summed E-state index contributed by atoms with van der Waals surface area (Å²) in [5.74, 6) is 0.310. The minimum absolute atomic E-state index is 0.143. The second-order valence-corrected chi connectivity index (χ2v) is 7.81. The van der Waals surface area contributed by atoms with Crippen LogP contribution in [0, 0.1) is 5.82 Å². The quantitative estimate of drug-likeness (QED) is 0.382. The Morgan fingerprint density at radius 1 is 0.862 bits per heavy atom. The molecule has 29 heavy (non-hydrogen) atoms. The summed E-state index contributed by atoms with van der Waals surface area (Å²) in [5, 5.41) is 14.2. The molecular formula is C23H17FN4S. The maximum absolute atomic E-state index is 14.8. The molecule has 6 heteroatoms. The molecule has 0 saturated carbocycles. The van der Waals surface area contributed by atoms with E-state index in [1.165, 1.54) is 11.3 Å². The van der Waals surface area contributed by atoms with Gasteiger partial charge in [0.2, 0.25) is 4.96 Å². The van der Waals surface area contributed by atoms with Gasteiger partial charge in [-0.05, 0) is 17.2 Å². The molecule has 0 aliphatic carbocycles. The lowest BCUT2D eigenvalue weighted by Gasteiger charge is -2.11. The zero-order chi connectivity index (χ0) is 19.8. The van der Waals surface area contributed by atoms with Crippen molar-refractivity contribution in [2.24, 2.45) is 0 Å². The molecule has 0 radical (unpaired) electrons. The van der Waals surface area contributed by atoms with E-state index in [-0.39, 0.29) is 11.7 Å². The maximum atomic E-state index is 14.8. The predicted octanol–water partition coefficient (Wildman–Crippen LogP) is 5.81. The van der Waals surface area contributed by atoms with Crippen LogP contribution in [0.3, 0.4) is 0 Å². The van der Waals surface area contributed by atoms with Gasteiger partial charge in [0.05, 0.1) is 0 Å². The van der Waals surface area contributed by atoms with Crippen LogP contribution in [0.5, 0.6) is 0 Å². The molecule has 5 aromatic rings. The summed E-state index contributed by atoms with van der Waals surface area (Å²) in [6, 6.07) is 24.9. The van der Waals surface area contributed by atoms with Gasteiger partial charge in [0.1, 0.15) is 10.8 Å². The van der Waals surface area contributed by atoms with Crippen LogP contribution in [0.1, 0.15) is 24.2 Å². The van der Waals surface area contributed by atoms with Gasteiger partial charge in [0.15, 0.2) is 5.82 Å². The van der Waals surface area contributed by atoms with E-state index in [0.29, 0.717) is 11.4 Å². The molecule has 0 amide bonds. The van der Waals surface area contributed by atoms with Gasteiger partial charge >= 0.3 is 0 Å². The van der Waals surface area contributed by atoms with E-state index in [4.69, 9.17) is 5.10 Å². The number of nitrogens with zero attached hydrogens (tertiary/aromatic N) is 4. The van der Waals surface area contributed by atoms with Crippen molar-refractivity contribution in [3.05, 3.63) is 96.1 Å². The molecule has 3 aromatic carbocycles. The van der Waals surface area contributed by atoms with Crippen molar-refractivity contribution >= 4 is 16.3 Å². The van der Waals surface area contributed by atoms with Crippen molar-refractivity contribution in [2.75, 3.05) is 0 Å². The summed E-state index contributed by atoms with van der Waals surface area (Å²) in [6.45, 7) is 1.99. The van der Waals surface area contributed by atoms with Crippen molar-refractivity contribution in [3.63, 3.8) is 0 Å². The zero-order valence-electron chi connectivity index (χ0n) is 15.7. The topological polar surface area (TPSA) is 43.1 Å². The molecule has 0 fully saturated rings. The normalized spacial score (nSPS) is 12.3. The number of hydrogen-bond acceptors (Lipinski definition) is 4. The average Bonchev–Trinajstić information content (AvgIpc) is 3.35. The lowest BCUT2D eigenvalue weighted by atomic mass is 9.96. The van der Waals surface area contributed by atoms with Gasteiger partial charge in [-0.1, -0.05) is 91.1 Å². The van der Waals surface area contributed by atoms with Gasteiger partial charge < -0.3 is 0 Å². The average molecular weight is 400 g/mol. The van der Waals surface area contributed by atoms with Crippen molar-refractivity contribution < 1.29 is 4.39 Å². The number of rotatable bonds is 4. The van der Waals surface area contributed by atoms with Gasteiger partial charge in [-0.15, -0.1) is 10.2 Å². The summed E-state index contributed by atoms with van der Waals surface area (Å²) in [7, 11) is 0. The molecule has 0 spiro atoms. The smallest absolute Gasteiger partial charge is 0.206 e. The van der Waals surface area contributed by atoms with Gasteiger partial charge in [-0.3, -0.25) is 0 Å². The fourth-order valence-electron chi connectivity index (χ4n) is 3.40. The van der Waals surface area contributed by atoms with Crippen LogP contribution in [0.4, 0.5) is 4.39 Å². The number of aromatic nitrogens is 4. The van der Waals surface area contributed by atoms with Crippen LogP contribution >= 0.6 is 11.3 Å². The highest BCUT2D eigenvalue weighted by Gasteiger charge is 2.20. The Hall–Kier alpha value is -3.38. The number of benzene rings is 3. The highest BCUT2D eigenvalue weighted by atomic mass is 32.1. The molecule has 5 rings (SSSR count). The first-order valence-corrected chi connectivity index (χ1v) is 10.1. The number of hydrogen-bond donors (Lipinski definition) is 0. The molecule has 142 valence electrons. The Labute approximate surface area is 171 Å². The van der Waals surface area contributed by atoms with E-state index < -0.39 is 0 Å². The Morgan fingerprint density at radius 2 is 1.55 bits per heavy atom. The van der Waals surface area contributed by atoms with Crippen LogP contribution in [0.2, 0.25) is 0 Å². The third kappa shape index (κ3) is 3.21. The molecule has 4 nitrogen and oxygen atoms in total. The molecule has 0 saturated heterocycles. The van der Waals surface area contributed by atoms with Crippen molar-refractivity contribution in [2.45, 2.75) is 12.8 Å². The van der Waals surface area contributed by atoms with E-state index in [0.717, 1.165) is 26.7 Å². The number of halogens is 1. The third-order valence-electron chi connectivity index (χ3n) is 5.00. The lowest BCUT2D eigenvalue weighted by molar-refractivity contribution is 0.626. The highest BCUT2D eigenvalue weighted by Crippen LogP contribution is 2.31. The predicted molar refractivity (Wildman–Crippen MR) is 113 cm³/mol. The van der Waals surface area contributed by atoms with Gasteiger partial charge in [0.25, 0.3) is 0 Å². The SMILES string of the molecule is CC(c1ccc(-c2ccccc2)c(F)c1)c1nnc2sc(-c3ccccc3)nn12. The minimum Gasteiger partial charge on any atom is -0.206 e. The first kappa shape index (κ1) is 17.7. The van der Waals surface area contributed by atoms with Crippen LogP contribution in [-0.4, -0.2) is 19.8 Å². The monoisotopic (exact) mass is 400 g/mol. The molecule has 0 bridgehead atoms. The van der Waals surface area contributed by atoms with Gasteiger partial charge in [0, 0.05) is 17.0 Å². The van der Waals surface area contributed by atoms with Crippen molar-refractivity contribution in [1.82, 2.24) is 19.8 Å². The second kappa shape index (κ2) is 7.22. The first-order valence-electron chi connectivity index (χ1n) is 9.33. The first-order chi connectivity index (χ1) is 14.2. The Balaban J connectivity index is 1.51. The third-order valence-corrected chi connectivity index (χ3v) is 5.95. The Bertz CT molecular complexity index is 1280. The second-order valence-electron chi connectivity index (χ2n) is 6.85. The molecular weight excluding hydrogens is 383 g/mol. The molecule has 0 N–H and O–H groups in total. The lowest BCUT2D eigenvalue weighted by Crippen LogP contribution is -2.04. The molecule has 0 aliphatic rings. The Morgan fingerprint density at radius 3 is 2.24 bits per heavy atom. The largest absolute Gasteiger partial charge is 0.235 e. The van der Waals surface area contributed by atoms with E-state index in [1.807, 2.05) is 79.7 Å². The van der Waals surface area contributed by atoms with E-state index in [1.54, 1.807) is 10.6 Å². The molecule has 2 heterocycles. The summed E-state index contributed by atoms with van der Waals surface area (Å²) >= 11 is 1.49. The van der Waals surface area contributed by atoms with Crippen LogP contribution in [0.15, 0.2) is 78.9 Å². The van der Waals surface area contributed by atoms with Crippen molar-refractivity contribution in [1.29, 1.82) is 0 Å². The van der Waals surface area contributed by atoms with Crippen molar-refractivity contribution in [3.8, 4) is 21.7 Å². The highest BCUT2D eigenvalue weighted by molar-refractivity contribution is 7.19. The summed E-state index contributed by atoms with van der Waals surface area (Å²) in [6.07, 6.45) is 0. The van der Waals surface area contributed by atoms with Crippen LogP contribution in [0.25, 0.3) is 26.7 Å². The summed E-state index contributed by atoms with van der Waals surface area (Å²) in [4.78, 5) is 0.729. The van der Waals surface area contributed by atoms with Gasteiger partial charge in [-0.2, -0.15) is 9.61 Å². The van der Waals surface area contributed by atoms with Crippen LogP contribution in [-0.2, 0) is 0 Å². The van der Waals surface area contributed by atoms with Crippen LogP contribution < -0.4 is 0 Å². The fraction of sp³-hybridized carbons (Fsp3) is 0.0870. The van der Waals surface area contributed by atoms with E-state index in [9.17, 15) is 4.39 Å². The van der Waals surface area contributed by atoms with E-state index >= 15 is 0 Å². The molecule has 2 aromatic heterocycles. The minimum atomic E-state index is -0.246. The molecule has 0 aliphatic heterocycles. The molecule has 1 atom stereocenters. The Kier molecular flexibility index (Phi) is 4.41.